The zero-order valence-electron chi connectivity index (χ0n) is 49.7. The average Bonchev–Trinajstić information content (AvgIpc) is 2.43. The molecular formula is C65H47N7O. The van der Waals surface area contributed by atoms with Crippen LogP contribution in [0, 0.1) is 6.33 Å². The molecule has 5 aromatic heterocycles. The molecule has 8 nitrogen and oxygen atoms in total. The summed E-state index contributed by atoms with van der Waals surface area (Å²) < 4.78 is 104. The molecule has 0 atom stereocenters. The summed E-state index contributed by atoms with van der Waals surface area (Å²) in [7, 11) is 0. The number of pyridine rings is 1. The molecule has 0 spiro atoms. The number of rotatable bonds is 8. The lowest BCUT2D eigenvalue weighted by atomic mass is 9.88. The number of ether oxygens (including phenoxy) is 1. The molecule has 9 aromatic carbocycles. The molecule has 0 aliphatic carbocycles. The number of aromatic nitrogens is 7. The maximum atomic E-state index is 9.09. The number of nitrogens with zero attached hydrogens (tertiary/aromatic N) is 7. The Hall–Kier alpha value is -9.53. The van der Waals surface area contributed by atoms with Gasteiger partial charge in [0.15, 0.2) is 0 Å². The van der Waals surface area contributed by atoms with Crippen LogP contribution in [0.5, 0.6) is 11.5 Å². The van der Waals surface area contributed by atoms with Crippen LogP contribution >= 0.6 is 0 Å². The molecule has 0 saturated carbocycles. The van der Waals surface area contributed by atoms with Crippen molar-refractivity contribution in [1.29, 1.82) is 0 Å². The summed E-state index contributed by atoms with van der Waals surface area (Å²) >= 11 is 0. The van der Waals surface area contributed by atoms with E-state index in [1.54, 1.807) is 27.3 Å². The molecule has 0 amide bonds. The third-order valence-corrected chi connectivity index (χ3v) is 13.6. The van der Waals surface area contributed by atoms with Gasteiger partial charge in [-0.1, -0.05) is 166 Å². The summed E-state index contributed by atoms with van der Waals surface area (Å²) in [6.45, 7) is 6.54. The van der Waals surface area contributed by atoms with Crippen LogP contribution in [0.3, 0.4) is 0 Å². The molecule has 5 heterocycles. The normalized spacial score (nSPS) is 14.0. The van der Waals surface area contributed by atoms with Gasteiger partial charge < -0.3 is 9.30 Å². The predicted octanol–water partition coefficient (Wildman–Crippen LogP) is 15.4. The summed E-state index contributed by atoms with van der Waals surface area (Å²) in [5, 5.41) is 2.22. The van der Waals surface area contributed by atoms with E-state index in [1.165, 1.54) is 0 Å². The van der Waals surface area contributed by atoms with Crippen molar-refractivity contribution >= 4 is 60.7 Å². The van der Waals surface area contributed by atoms with Crippen LogP contribution in [-0.2, 0) is 5.41 Å². The molecule has 14 rings (SSSR count). The smallest absolute Gasteiger partial charge is 0.269 e. The van der Waals surface area contributed by atoms with Gasteiger partial charge in [-0.2, -0.15) is 0 Å². The van der Waals surface area contributed by atoms with E-state index in [2.05, 4.69) is 95.2 Å². The van der Waals surface area contributed by atoms with Crippen molar-refractivity contribution in [3.05, 3.63) is 242 Å². The molecule has 0 bridgehead atoms. The van der Waals surface area contributed by atoms with Crippen LogP contribution in [-0.4, -0.2) is 28.1 Å². The van der Waals surface area contributed by atoms with Crippen molar-refractivity contribution < 1.29 is 23.0 Å². The average molecular weight is 952 g/mol. The van der Waals surface area contributed by atoms with Crippen LogP contribution in [0.4, 0.5) is 0 Å². The number of para-hydroxylation sites is 5. The molecule has 8 heteroatoms. The van der Waals surface area contributed by atoms with Crippen LogP contribution in [0.1, 0.15) is 40.0 Å². The first-order valence-electron chi connectivity index (χ1n) is 28.9. The third kappa shape index (κ3) is 6.86. The van der Waals surface area contributed by atoms with Gasteiger partial charge in [-0.05, 0) is 106 Å². The fourth-order valence-electron chi connectivity index (χ4n) is 10.3. The number of fused-ring (bicyclic) bond motifs is 10. The Kier molecular flexibility index (Phi) is 7.50. The largest absolute Gasteiger partial charge is 0.458 e. The second-order valence-corrected chi connectivity index (χ2v) is 19.0. The van der Waals surface area contributed by atoms with E-state index in [-0.39, 0.29) is 33.4 Å². The highest BCUT2D eigenvalue weighted by Gasteiger charge is 2.25. The van der Waals surface area contributed by atoms with Gasteiger partial charge in [-0.25, -0.2) is 9.97 Å². The highest BCUT2D eigenvalue weighted by molar-refractivity contribution is 6.18. The maximum Gasteiger partial charge on any atom is 0.269 e. The van der Waals surface area contributed by atoms with Crippen molar-refractivity contribution in [1.82, 2.24) is 28.1 Å². The lowest BCUT2D eigenvalue weighted by molar-refractivity contribution is -0.571. The molecule has 0 saturated heterocycles. The van der Waals surface area contributed by atoms with Crippen molar-refractivity contribution in [3.63, 3.8) is 0 Å². The zero-order chi connectivity index (χ0) is 57.5. The molecule has 0 N–H and O–H groups in total. The Morgan fingerprint density at radius 3 is 1.99 bits per heavy atom. The fraction of sp³-hybridized carbons (Fsp3) is 0.0615. The minimum Gasteiger partial charge on any atom is -0.458 e. The van der Waals surface area contributed by atoms with Crippen molar-refractivity contribution in [2.45, 2.75) is 26.2 Å². The Bertz CT molecular complexity index is 4930. The third-order valence-electron chi connectivity index (χ3n) is 13.6. The summed E-state index contributed by atoms with van der Waals surface area (Å²) in [4.78, 5) is 10.5. The lowest BCUT2D eigenvalue weighted by Crippen LogP contribution is -2.31. The minimum atomic E-state index is -0.573. The highest BCUT2D eigenvalue weighted by Crippen LogP contribution is 2.40. The Morgan fingerprint density at radius 1 is 0.548 bits per heavy atom. The molecule has 0 aliphatic rings. The second-order valence-electron chi connectivity index (χ2n) is 19.0. The summed E-state index contributed by atoms with van der Waals surface area (Å²) in [6, 6.07) is 47.6. The van der Waals surface area contributed by atoms with Crippen LogP contribution in [0.2, 0.25) is 0 Å². The molecule has 0 unspecified atom stereocenters. The van der Waals surface area contributed by atoms with Gasteiger partial charge in [0.05, 0.1) is 63.7 Å². The number of hydrogen-bond acceptors (Lipinski definition) is 3. The topological polar surface area (TPSA) is 58.1 Å². The first kappa shape index (κ1) is 33.1. The van der Waals surface area contributed by atoms with E-state index in [4.69, 9.17) is 28.4 Å². The Labute approximate surface area is 435 Å². The van der Waals surface area contributed by atoms with Crippen molar-refractivity contribution in [2.24, 2.45) is 0 Å². The van der Waals surface area contributed by atoms with E-state index in [9.17, 15) is 0 Å². The predicted molar refractivity (Wildman–Crippen MR) is 295 cm³/mol. The van der Waals surface area contributed by atoms with Crippen LogP contribution in [0.25, 0.3) is 106 Å². The van der Waals surface area contributed by atoms with E-state index in [1.807, 2.05) is 97.2 Å². The molecule has 73 heavy (non-hydrogen) atoms. The zero-order valence-corrected chi connectivity index (χ0v) is 39.7. The first-order chi connectivity index (χ1) is 40.0. The van der Waals surface area contributed by atoms with Crippen molar-refractivity contribution in [2.75, 3.05) is 0 Å². The minimum absolute atomic E-state index is 0.139. The summed E-state index contributed by atoms with van der Waals surface area (Å²) in [5.74, 6) is 2.39. The van der Waals surface area contributed by atoms with Gasteiger partial charge in [0.25, 0.3) is 6.33 Å². The standard InChI is InChI=1S/C65H47N7O/c1-65(2,3)45-37-38-66-60(39-45)72-59-41-49(33-35-57(59)71-58-36-34-53-52-27-13-14-30-54(52)70(46-23-11-6-12-24-46)63(53)61(58)67-64(71)72)73-48-26-17-25-47(40-48)68-42-69(56-32-16-15-31-55(56)68)62-50(43-19-7-4-8-20-43)28-18-29-51(62)44-21-9-5-10-22-44/h4-41H,1-3H3/i4D,5D,7D,8D,9D,10D,19D,20D,21D,22D. The Morgan fingerprint density at radius 2 is 1.22 bits per heavy atom. The molecule has 14 aromatic rings. The van der Waals surface area contributed by atoms with Gasteiger partial charge in [0.2, 0.25) is 5.78 Å². The van der Waals surface area contributed by atoms with E-state index < -0.39 is 60.4 Å². The quantitative estimate of drug-likeness (QED) is 0.113. The maximum absolute atomic E-state index is 9.09. The molecule has 0 fully saturated rings. The number of hydrogen-bond donors (Lipinski definition) is 0. The van der Waals surface area contributed by atoms with Gasteiger partial charge in [0.1, 0.15) is 22.8 Å². The summed E-state index contributed by atoms with van der Waals surface area (Å²) in [6.07, 6.45) is 5.31. The van der Waals surface area contributed by atoms with Gasteiger partial charge in [-0.3, -0.25) is 18.1 Å². The van der Waals surface area contributed by atoms with E-state index >= 15 is 0 Å². The van der Waals surface area contributed by atoms with Crippen molar-refractivity contribution in [3.8, 4) is 56.6 Å². The molecule has 0 aliphatic heterocycles. The van der Waals surface area contributed by atoms with E-state index in [0.717, 1.165) is 55.1 Å². The second kappa shape index (κ2) is 16.5. The highest BCUT2D eigenvalue weighted by atomic mass is 16.5. The lowest BCUT2D eigenvalue weighted by Gasteiger charge is -2.19. The Balaban J connectivity index is 0.939. The molecular weight excluding hydrogens is 895 g/mol. The summed E-state index contributed by atoms with van der Waals surface area (Å²) in [5.41, 5.74) is 9.48. The first-order valence-corrected chi connectivity index (χ1v) is 23.9. The number of benzene rings is 9. The van der Waals surface area contributed by atoms with Gasteiger partial charge >= 0.3 is 0 Å². The monoisotopic (exact) mass is 951 g/mol. The molecule has 0 radical (unpaired) electrons. The van der Waals surface area contributed by atoms with Gasteiger partial charge in [-0.15, -0.1) is 0 Å². The van der Waals surface area contributed by atoms with Gasteiger partial charge in [0, 0.05) is 28.7 Å². The fourth-order valence-corrected chi connectivity index (χ4v) is 10.3. The van der Waals surface area contributed by atoms with Crippen LogP contribution in [0.15, 0.2) is 230 Å². The van der Waals surface area contributed by atoms with E-state index in [0.29, 0.717) is 39.8 Å². The SMILES string of the molecule is [2H]c1c([2H])c([2H])c(-c2cccc(-c3c([2H])c([2H])c([2H])c([2H])c3[2H])c2-[n+]2[c-]n(-c3cccc(Oc4ccc5c(c4)n(-c4cc(C(C)(C)C)ccn4)c4nc6c7c(ccc6n54)c4ccccc4n7-c4ccccc4)c3)c3ccccc32)c([2H])c1[2H]. The van der Waals surface area contributed by atoms with Crippen LogP contribution < -0.4 is 9.30 Å². The number of imidazole rings is 3. The molecule has 348 valence electrons.